The first kappa shape index (κ1) is 13.8. The molecule has 2 aromatic carbocycles. The molecule has 3 nitrogen and oxygen atoms in total. The molecule has 0 unspecified atom stereocenters. The molecular weight excluding hydrogens is 284 g/mol. The molecule has 1 heterocycles. The molecule has 1 aromatic heterocycles. The zero-order valence-corrected chi connectivity index (χ0v) is 12.6. The summed E-state index contributed by atoms with van der Waals surface area (Å²) >= 11 is 6.39. The van der Waals surface area contributed by atoms with Crippen molar-refractivity contribution in [3.05, 3.63) is 53.9 Å². The maximum atomic E-state index is 6.39. The molecule has 0 spiro atoms. The molecular formula is C17H15ClN2O. The molecule has 0 aliphatic heterocycles. The van der Waals surface area contributed by atoms with Crippen LogP contribution >= 0.6 is 11.6 Å². The molecule has 0 radical (unpaired) electrons. The zero-order chi connectivity index (χ0) is 14.8. The summed E-state index contributed by atoms with van der Waals surface area (Å²) in [6.07, 6.45) is 3.28. The van der Waals surface area contributed by atoms with Gasteiger partial charge < -0.3 is 4.74 Å². The Kier molecular flexibility index (Phi) is 3.76. The standard InChI is InChI=1S/C17H15ClN2O/c1-11(2)21-17-13(12-6-4-3-5-7-12)8-15(18)14-9-19-10-20-16(14)17/h3-11H,1-2H3. The van der Waals surface area contributed by atoms with Gasteiger partial charge in [0.2, 0.25) is 0 Å². The van der Waals surface area contributed by atoms with Crippen molar-refractivity contribution in [1.29, 1.82) is 0 Å². The number of nitrogens with zero attached hydrogens (tertiary/aromatic N) is 2. The van der Waals surface area contributed by atoms with Gasteiger partial charge in [-0.3, -0.25) is 0 Å². The van der Waals surface area contributed by atoms with Gasteiger partial charge in [-0.2, -0.15) is 0 Å². The van der Waals surface area contributed by atoms with E-state index in [1.165, 1.54) is 6.33 Å². The summed E-state index contributed by atoms with van der Waals surface area (Å²) in [5, 5.41) is 1.43. The highest BCUT2D eigenvalue weighted by Crippen LogP contribution is 2.39. The molecule has 0 saturated heterocycles. The van der Waals surface area contributed by atoms with Crippen LogP contribution in [0.5, 0.6) is 5.75 Å². The molecule has 0 amide bonds. The van der Waals surface area contributed by atoms with Crippen LogP contribution in [0.3, 0.4) is 0 Å². The molecule has 3 aromatic rings. The van der Waals surface area contributed by atoms with Gasteiger partial charge in [0.15, 0.2) is 5.75 Å². The Bertz CT molecular complexity index is 772. The third-order valence-corrected chi connectivity index (χ3v) is 3.45. The van der Waals surface area contributed by atoms with E-state index in [4.69, 9.17) is 16.3 Å². The predicted octanol–water partition coefficient (Wildman–Crippen LogP) is 4.74. The minimum absolute atomic E-state index is 0.0480. The summed E-state index contributed by atoms with van der Waals surface area (Å²) in [6.45, 7) is 3.99. The predicted molar refractivity (Wildman–Crippen MR) is 85.7 cm³/mol. The van der Waals surface area contributed by atoms with Crippen LogP contribution in [0.15, 0.2) is 48.9 Å². The number of aromatic nitrogens is 2. The summed E-state index contributed by atoms with van der Waals surface area (Å²) in [7, 11) is 0. The Balaban J connectivity index is 2.32. The molecule has 21 heavy (non-hydrogen) atoms. The number of fused-ring (bicyclic) bond motifs is 1. The molecule has 0 fully saturated rings. The van der Waals surface area contributed by atoms with Crippen molar-refractivity contribution < 1.29 is 4.74 Å². The highest BCUT2D eigenvalue weighted by Gasteiger charge is 2.16. The third kappa shape index (κ3) is 2.69. The Morgan fingerprint density at radius 3 is 2.62 bits per heavy atom. The zero-order valence-electron chi connectivity index (χ0n) is 11.9. The summed E-state index contributed by atoms with van der Waals surface area (Å²) in [4.78, 5) is 8.41. The Hall–Kier alpha value is -2.13. The Morgan fingerprint density at radius 2 is 1.90 bits per heavy atom. The van der Waals surface area contributed by atoms with Crippen LogP contribution in [0.4, 0.5) is 0 Å². The van der Waals surface area contributed by atoms with E-state index in [0.29, 0.717) is 5.02 Å². The van der Waals surface area contributed by atoms with Gasteiger partial charge in [0.05, 0.1) is 11.1 Å². The molecule has 0 aliphatic carbocycles. The van der Waals surface area contributed by atoms with Gasteiger partial charge >= 0.3 is 0 Å². The quantitative estimate of drug-likeness (QED) is 0.700. The van der Waals surface area contributed by atoms with Crippen LogP contribution in [-0.2, 0) is 0 Å². The monoisotopic (exact) mass is 298 g/mol. The fourth-order valence-corrected chi connectivity index (χ4v) is 2.52. The van der Waals surface area contributed by atoms with Crippen molar-refractivity contribution in [3.8, 4) is 16.9 Å². The lowest BCUT2D eigenvalue weighted by atomic mass is 10.0. The SMILES string of the molecule is CC(C)Oc1c(-c2ccccc2)cc(Cl)c2cncnc12. The third-order valence-electron chi connectivity index (χ3n) is 3.14. The van der Waals surface area contributed by atoms with Crippen LogP contribution in [-0.4, -0.2) is 16.1 Å². The van der Waals surface area contributed by atoms with Crippen molar-refractivity contribution in [2.45, 2.75) is 20.0 Å². The second-order valence-electron chi connectivity index (χ2n) is 5.05. The van der Waals surface area contributed by atoms with E-state index in [9.17, 15) is 0 Å². The van der Waals surface area contributed by atoms with Crippen molar-refractivity contribution in [2.75, 3.05) is 0 Å². The molecule has 106 valence electrons. The average Bonchev–Trinajstić information content (AvgIpc) is 2.50. The van der Waals surface area contributed by atoms with Crippen molar-refractivity contribution >= 4 is 22.5 Å². The molecule has 0 saturated carbocycles. The molecule has 4 heteroatoms. The first-order valence-corrected chi connectivity index (χ1v) is 7.19. The minimum atomic E-state index is 0.0480. The number of hydrogen-bond donors (Lipinski definition) is 0. The van der Waals surface area contributed by atoms with E-state index < -0.39 is 0 Å². The Labute approximate surface area is 128 Å². The Morgan fingerprint density at radius 1 is 1.14 bits per heavy atom. The van der Waals surface area contributed by atoms with Gasteiger partial charge in [0.25, 0.3) is 0 Å². The lowest BCUT2D eigenvalue weighted by Crippen LogP contribution is -2.07. The highest BCUT2D eigenvalue weighted by atomic mass is 35.5. The van der Waals surface area contributed by atoms with Gasteiger partial charge in [-0.05, 0) is 25.5 Å². The van der Waals surface area contributed by atoms with E-state index in [1.807, 2.05) is 50.2 Å². The van der Waals surface area contributed by atoms with Gasteiger partial charge in [-0.25, -0.2) is 9.97 Å². The number of rotatable bonds is 3. The van der Waals surface area contributed by atoms with E-state index >= 15 is 0 Å². The first-order valence-electron chi connectivity index (χ1n) is 6.81. The maximum absolute atomic E-state index is 6.39. The molecule has 0 atom stereocenters. The van der Waals surface area contributed by atoms with Crippen LogP contribution in [0.25, 0.3) is 22.0 Å². The normalized spacial score (nSPS) is 11.0. The maximum Gasteiger partial charge on any atom is 0.153 e. The van der Waals surface area contributed by atoms with E-state index in [1.54, 1.807) is 6.20 Å². The number of ether oxygens (including phenoxy) is 1. The van der Waals surface area contributed by atoms with Crippen LogP contribution < -0.4 is 4.74 Å². The molecule has 0 bridgehead atoms. The average molecular weight is 299 g/mol. The van der Waals surface area contributed by atoms with Gasteiger partial charge in [-0.1, -0.05) is 41.9 Å². The van der Waals surface area contributed by atoms with E-state index in [0.717, 1.165) is 27.8 Å². The van der Waals surface area contributed by atoms with Crippen molar-refractivity contribution in [2.24, 2.45) is 0 Å². The second kappa shape index (κ2) is 5.70. The number of benzene rings is 2. The summed E-state index contributed by atoms with van der Waals surface area (Å²) in [6, 6.07) is 12.0. The molecule has 0 N–H and O–H groups in total. The molecule has 0 aliphatic rings. The van der Waals surface area contributed by atoms with Gasteiger partial charge in [0, 0.05) is 17.1 Å². The number of halogens is 1. The van der Waals surface area contributed by atoms with Gasteiger partial charge in [0.1, 0.15) is 11.8 Å². The first-order chi connectivity index (χ1) is 10.2. The van der Waals surface area contributed by atoms with Crippen molar-refractivity contribution in [3.63, 3.8) is 0 Å². The lowest BCUT2D eigenvalue weighted by molar-refractivity contribution is 0.246. The highest BCUT2D eigenvalue weighted by molar-refractivity contribution is 6.36. The largest absolute Gasteiger partial charge is 0.488 e. The topological polar surface area (TPSA) is 35.0 Å². The van der Waals surface area contributed by atoms with Crippen LogP contribution in [0, 0.1) is 0 Å². The van der Waals surface area contributed by atoms with E-state index in [2.05, 4.69) is 9.97 Å². The second-order valence-corrected chi connectivity index (χ2v) is 5.46. The molecule has 3 rings (SSSR count). The fraction of sp³-hybridized carbons (Fsp3) is 0.176. The minimum Gasteiger partial charge on any atom is -0.488 e. The lowest BCUT2D eigenvalue weighted by Gasteiger charge is -2.17. The van der Waals surface area contributed by atoms with E-state index in [-0.39, 0.29) is 6.10 Å². The van der Waals surface area contributed by atoms with Crippen LogP contribution in [0.2, 0.25) is 5.02 Å². The van der Waals surface area contributed by atoms with Crippen LogP contribution in [0.1, 0.15) is 13.8 Å². The van der Waals surface area contributed by atoms with Gasteiger partial charge in [-0.15, -0.1) is 0 Å². The summed E-state index contributed by atoms with van der Waals surface area (Å²) < 4.78 is 6.02. The van der Waals surface area contributed by atoms with Crippen molar-refractivity contribution in [1.82, 2.24) is 9.97 Å². The summed E-state index contributed by atoms with van der Waals surface area (Å²) in [5.74, 6) is 0.748. The summed E-state index contributed by atoms with van der Waals surface area (Å²) in [5.41, 5.74) is 2.74. The number of hydrogen-bond acceptors (Lipinski definition) is 3. The smallest absolute Gasteiger partial charge is 0.153 e. The fourth-order valence-electron chi connectivity index (χ4n) is 2.27.